The van der Waals surface area contributed by atoms with Crippen LogP contribution in [0.15, 0.2) is 42.9 Å². The molecule has 2 rings (SSSR count). The smallest absolute Gasteiger partial charge is 0.323 e. The molecule has 0 aliphatic carbocycles. The quantitative estimate of drug-likeness (QED) is 0.841. The number of aliphatic carboxylic acids is 1. The Hall–Kier alpha value is -2.30. The zero-order valence-electron chi connectivity index (χ0n) is 11.6. The van der Waals surface area contributed by atoms with Crippen LogP contribution in [0.4, 0.5) is 5.69 Å². The van der Waals surface area contributed by atoms with Gasteiger partial charge in [-0.25, -0.2) is 4.98 Å². The topological polar surface area (TPSA) is 58.4 Å². The summed E-state index contributed by atoms with van der Waals surface area (Å²) in [6.07, 6.45) is 4.61. The van der Waals surface area contributed by atoms with Crippen molar-refractivity contribution in [2.75, 3.05) is 11.4 Å². The van der Waals surface area contributed by atoms with Gasteiger partial charge in [-0.3, -0.25) is 4.79 Å². The van der Waals surface area contributed by atoms with E-state index in [0.29, 0.717) is 6.54 Å². The lowest BCUT2D eigenvalue weighted by molar-refractivity contribution is -0.135. The Morgan fingerprint density at radius 2 is 2.10 bits per heavy atom. The number of anilines is 1. The van der Waals surface area contributed by atoms with Crippen LogP contribution in [0.5, 0.6) is 0 Å². The van der Waals surface area contributed by atoms with Crippen molar-refractivity contribution in [1.82, 2.24) is 9.55 Å². The molecule has 106 valence electrons. The molecule has 0 aliphatic heterocycles. The second-order valence-corrected chi connectivity index (χ2v) is 4.66. The van der Waals surface area contributed by atoms with Gasteiger partial charge in [0, 0.05) is 18.4 Å². The van der Waals surface area contributed by atoms with Gasteiger partial charge < -0.3 is 14.6 Å². The highest BCUT2D eigenvalue weighted by Crippen LogP contribution is 2.16. The van der Waals surface area contributed by atoms with Gasteiger partial charge in [-0.1, -0.05) is 25.1 Å². The maximum Gasteiger partial charge on any atom is 0.323 e. The van der Waals surface area contributed by atoms with Crippen molar-refractivity contribution in [3.63, 3.8) is 0 Å². The second kappa shape index (κ2) is 6.75. The number of aryl methyl sites for hydroxylation is 1. The Morgan fingerprint density at radius 1 is 1.35 bits per heavy atom. The summed E-state index contributed by atoms with van der Waals surface area (Å²) in [5, 5.41) is 9.08. The summed E-state index contributed by atoms with van der Waals surface area (Å²) in [6, 6.07) is 9.58. The number of hydrogen-bond acceptors (Lipinski definition) is 3. The Bertz CT molecular complexity index is 551. The van der Waals surface area contributed by atoms with Crippen LogP contribution >= 0.6 is 0 Å². The third kappa shape index (κ3) is 3.60. The molecule has 20 heavy (non-hydrogen) atoms. The Morgan fingerprint density at radius 3 is 2.75 bits per heavy atom. The van der Waals surface area contributed by atoms with Gasteiger partial charge >= 0.3 is 5.97 Å². The molecule has 0 atom stereocenters. The highest BCUT2D eigenvalue weighted by atomic mass is 16.4. The average molecular weight is 273 g/mol. The van der Waals surface area contributed by atoms with Crippen LogP contribution in [0.2, 0.25) is 0 Å². The zero-order valence-corrected chi connectivity index (χ0v) is 11.6. The third-order valence-electron chi connectivity index (χ3n) is 3.06. The number of aromatic nitrogens is 2. The second-order valence-electron chi connectivity index (χ2n) is 4.66. The van der Waals surface area contributed by atoms with E-state index in [1.54, 1.807) is 12.5 Å². The highest BCUT2D eigenvalue weighted by molar-refractivity contribution is 5.73. The molecular weight excluding hydrogens is 254 g/mol. The van der Waals surface area contributed by atoms with E-state index in [4.69, 9.17) is 5.11 Å². The number of nitrogens with zero attached hydrogens (tertiary/aromatic N) is 3. The van der Waals surface area contributed by atoms with Crippen molar-refractivity contribution in [3.8, 4) is 0 Å². The van der Waals surface area contributed by atoms with Crippen molar-refractivity contribution >= 4 is 11.7 Å². The standard InChI is InChI=1S/C15H19N3O2/c1-2-8-17-12-16-9-14(17)10-18(11-15(19)20)13-6-4-3-5-7-13/h3-7,9,12H,2,8,10-11H2,1H3,(H,19,20). The van der Waals surface area contributed by atoms with E-state index in [2.05, 4.69) is 16.5 Å². The minimum atomic E-state index is -0.838. The molecule has 0 bridgehead atoms. The monoisotopic (exact) mass is 273 g/mol. The number of hydrogen-bond donors (Lipinski definition) is 1. The number of carboxylic acid groups (broad SMARTS) is 1. The van der Waals surface area contributed by atoms with Crippen LogP contribution in [0, 0.1) is 0 Å². The molecule has 1 aromatic carbocycles. The number of benzene rings is 1. The number of rotatable bonds is 7. The summed E-state index contributed by atoms with van der Waals surface area (Å²) in [5.74, 6) is -0.838. The Kier molecular flexibility index (Phi) is 4.76. The lowest BCUT2D eigenvalue weighted by Crippen LogP contribution is -2.30. The van der Waals surface area contributed by atoms with Crippen LogP contribution in [0.1, 0.15) is 19.0 Å². The fourth-order valence-electron chi connectivity index (χ4n) is 2.16. The summed E-state index contributed by atoms with van der Waals surface area (Å²) in [6.45, 7) is 3.51. The molecule has 0 saturated carbocycles. The van der Waals surface area contributed by atoms with E-state index in [1.807, 2.05) is 35.2 Å². The van der Waals surface area contributed by atoms with Gasteiger partial charge in [-0.15, -0.1) is 0 Å². The van der Waals surface area contributed by atoms with E-state index in [1.165, 1.54) is 0 Å². The van der Waals surface area contributed by atoms with Gasteiger partial charge in [0.2, 0.25) is 0 Å². The van der Waals surface area contributed by atoms with Gasteiger partial charge in [-0.2, -0.15) is 0 Å². The van der Waals surface area contributed by atoms with E-state index in [-0.39, 0.29) is 6.54 Å². The van der Waals surface area contributed by atoms with Crippen molar-refractivity contribution < 1.29 is 9.90 Å². The van der Waals surface area contributed by atoms with Crippen molar-refractivity contribution in [1.29, 1.82) is 0 Å². The maximum atomic E-state index is 11.1. The molecular formula is C15H19N3O2. The molecule has 1 heterocycles. The summed E-state index contributed by atoms with van der Waals surface area (Å²) in [7, 11) is 0. The Balaban J connectivity index is 2.19. The first-order chi connectivity index (χ1) is 9.70. The van der Waals surface area contributed by atoms with Gasteiger partial charge in [0.05, 0.1) is 18.6 Å². The third-order valence-corrected chi connectivity index (χ3v) is 3.06. The van der Waals surface area contributed by atoms with Crippen LogP contribution in [-0.4, -0.2) is 27.2 Å². The first kappa shape index (κ1) is 14.1. The first-order valence-corrected chi connectivity index (χ1v) is 6.71. The molecule has 0 unspecified atom stereocenters. The SMILES string of the molecule is CCCn1cncc1CN(CC(=O)O)c1ccccc1. The van der Waals surface area contributed by atoms with Gasteiger partial charge in [0.1, 0.15) is 6.54 Å². The van der Waals surface area contributed by atoms with E-state index < -0.39 is 5.97 Å². The predicted molar refractivity (Wildman–Crippen MR) is 77.6 cm³/mol. The molecule has 0 radical (unpaired) electrons. The summed E-state index contributed by atoms with van der Waals surface area (Å²) < 4.78 is 2.07. The van der Waals surface area contributed by atoms with E-state index in [0.717, 1.165) is 24.3 Å². The van der Waals surface area contributed by atoms with Crippen LogP contribution < -0.4 is 4.90 Å². The van der Waals surface area contributed by atoms with Crippen LogP contribution in [-0.2, 0) is 17.9 Å². The average Bonchev–Trinajstić information content (AvgIpc) is 2.86. The molecule has 0 aliphatic rings. The minimum Gasteiger partial charge on any atom is -0.480 e. The Labute approximate surface area is 118 Å². The normalized spacial score (nSPS) is 10.4. The van der Waals surface area contributed by atoms with Crippen LogP contribution in [0.3, 0.4) is 0 Å². The zero-order chi connectivity index (χ0) is 14.4. The molecule has 5 heteroatoms. The highest BCUT2D eigenvalue weighted by Gasteiger charge is 2.13. The molecule has 1 aromatic heterocycles. The van der Waals surface area contributed by atoms with Gasteiger partial charge in [-0.05, 0) is 18.6 Å². The molecule has 0 spiro atoms. The lowest BCUT2D eigenvalue weighted by atomic mass is 10.2. The molecule has 0 amide bonds. The van der Waals surface area contributed by atoms with Gasteiger partial charge in [0.25, 0.3) is 0 Å². The van der Waals surface area contributed by atoms with Crippen LogP contribution in [0.25, 0.3) is 0 Å². The van der Waals surface area contributed by atoms with Crippen molar-refractivity contribution in [2.45, 2.75) is 26.4 Å². The first-order valence-electron chi connectivity index (χ1n) is 6.71. The number of carbonyl (C=O) groups is 1. The largest absolute Gasteiger partial charge is 0.480 e. The van der Waals surface area contributed by atoms with E-state index >= 15 is 0 Å². The molecule has 1 N–H and O–H groups in total. The fourth-order valence-corrected chi connectivity index (χ4v) is 2.16. The lowest BCUT2D eigenvalue weighted by Gasteiger charge is -2.23. The predicted octanol–water partition coefficient (Wildman–Crippen LogP) is 2.38. The number of imidazole rings is 1. The fraction of sp³-hybridized carbons (Fsp3) is 0.333. The molecule has 2 aromatic rings. The maximum absolute atomic E-state index is 11.1. The van der Waals surface area contributed by atoms with Gasteiger partial charge in [0.15, 0.2) is 0 Å². The minimum absolute atomic E-state index is 0.0265. The number of para-hydroxylation sites is 1. The van der Waals surface area contributed by atoms with E-state index in [9.17, 15) is 4.79 Å². The molecule has 0 saturated heterocycles. The van der Waals surface area contributed by atoms with Crippen molar-refractivity contribution in [3.05, 3.63) is 48.5 Å². The molecule has 0 fully saturated rings. The summed E-state index contributed by atoms with van der Waals surface area (Å²) >= 11 is 0. The number of carboxylic acids is 1. The van der Waals surface area contributed by atoms with Crippen molar-refractivity contribution in [2.24, 2.45) is 0 Å². The summed E-state index contributed by atoms with van der Waals surface area (Å²) in [4.78, 5) is 17.1. The molecule has 5 nitrogen and oxygen atoms in total. The summed E-state index contributed by atoms with van der Waals surface area (Å²) in [5.41, 5.74) is 1.93.